The van der Waals surface area contributed by atoms with Crippen LogP contribution in [0.25, 0.3) is 16.1 Å². The molecule has 0 N–H and O–H groups in total. The number of hydrogen-bond donors (Lipinski definition) is 0. The first kappa shape index (κ1) is 17.7. The van der Waals surface area contributed by atoms with Crippen molar-refractivity contribution in [3.05, 3.63) is 64.5 Å². The molecule has 2 aromatic rings. The molecule has 4 nitrogen and oxygen atoms in total. The number of aryl methyl sites for hydroxylation is 1. The van der Waals surface area contributed by atoms with Crippen LogP contribution in [-0.4, -0.2) is 15.6 Å². The van der Waals surface area contributed by atoms with Crippen molar-refractivity contribution >= 4 is 5.78 Å². The number of Topliss-reactive ketones (excluding diaryl/α,β-unsaturated/α-hetero) is 1. The number of halogens is 1. The molecule has 2 aliphatic rings. The predicted octanol–water partition coefficient (Wildman–Crippen LogP) is 4.46. The number of fused-ring (bicyclic) bond motifs is 3. The van der Waals surface area contributed by atoms with Crippen molar-refractivity contribution in [1.82, 2.24) is 9.78 Å². The van der Waals surface area contributed by atoms with Crippen molar-refractivity contribution in [3.63, 3.8) is 0 Å². The molecule has 1 aromatic heterocycles. The maximum Gasteiger partial charge on any atom is 0.226 e. The summed E-state index contributed by atoms with van der Waals surface area (Å²) in [7, 11) is 1.87. The Morgan fingerprint density at radius 1 is 1.33 bits per heavy atom. The summed E-state index contributed by atoms with van der Waals surface area (Å²) in [6.07, 6.45) is 3.43. The van der Waals surface area contributed by atoms with Gasteiger partial charge < -0.3 is 4.79 Å². The Hall–Kier alpha value is -2.74. The summed E-state index contributed by atoms with van der Waals surface area (Å²) in [4.78, 5) is 16.3. The van der Waals surface area contributed by atoms with Gasteiger partial charge in [0.25, 0.3) is 0 Å². The van der Waals surface area contributed by atoms with E-state index in [2.05, 4.69) is 11.8 Å². The molecule has 138 valence electrons. The predicted molar refractivity (Wildman–Crippen MR) is 101 cm³/mol. The van der Waals surface area contributed by atoms with Gasteiger partial charge >= 0.3 is 0 Å². The van der Waals surface area contributed by atoms with Crippen LogP contribution in [0.2, 0.25) is 0 Å². The van der Waals surface area contributed by atoms with E-state index in [1.807, 2.05) is 37.7 Å². The van der Waals surface area contributed by atoms with Crippen molar-refractivity contribution in [3.8, 4) is 11.3 Å². The van der Waals surface area contributed by atoms with Gasteiger partial charge in [0.15, 0.2) is 5.78 Å². The minimum Gasteiger partial charge on any atom is -0.307 e. The van der Waals surface area contributed by atoms with E-state index in [0.717, 1.165) is 35.4 Å². The van der Waals surface area contributed by atoms with Crippen LogP contribution < -0.4 is 0 Å². The molecule has 0 amide bonds. The van der Waals surface area contributed by atoms with Gasteiger partial charge in [0.05, 0.1) is 18.0 Å². The Morgan fingerprint density at radius 3 is 2.74 bits per heavy atom. The van der Waals surface area contributed by atoms with Crippen molar-refractivity contribution in [2.24, 2.45) is 18.4 Å². The summed E-state index contributed by atoms with van der Waals surface area (Å²) in [5.41, 5.74) is 2.80. The summed E-state index contributed by atoms with van der Waals surface area (Å²) in [6, 6.07) is 6.56. The van der Waals surface area contributed by atoms with Crippen LogP contribution in [0.3, 0.4) is 0 Å². The number of benzene rings is 1. The molecular weight excluding hydrogens is 341 g/mol. The van der Waals surface area contributed by atoms with E-state index in [1.165, 1.54) is 12.1 Å². The Bertz CT molecular complexity index is 1040. The zero-order valence-corrected chi connectivity index (χ0v) is 16.0. The second-order valence-corrected chi connectivity index (χ2v) is 8.38. The lowest BCUT2D eigenvalue weighted by Crippen LogP contribution is -2.50. The fourth-order valence-electron chi connectivity index (χ4n) is 5.19. The highest BCUT2D eigenvalue weighted by atomic mass is 19.1. The molecule has 1 aromatic carbocycles. The number of hydrogen-bond acceptors (Lipinski definition) is 2. The lowest BCUT2D eigenvalue weighted by molar-refractivity contribution is -0.128. The van der Waals surface area contributed by atoms with Crippen LogP contribution in [0.5, 0.6) is 0 Å². The van der Waals surface area contributed by atoms with Gasteiger partial charge in [-0.05, 0) is 30.9 Å². The van der Waals surface area contributed by atoms with Gasteiger partial charge in [0.1, 0.15) is 5.82 Å². The van der Waals surface area contributed by atoms with Crippen molar-refractivity contribution in [2.75, 3.05) is 0 Å². The second kappa shape index (κ2) is 5.63. The second-order valence-electron chi connectivity index (χ2n) is 8.38. The summed E-state index contributed by atoms with van der Waals surface area (Å²) in [6.45, 7) is 13.4. The van der Waals surface area contributed by atoms with Gasteiger partial charge in [-0.25, -0.2) is 9.24 Å². The Morgan fingerprint density at radius 2 is 2.07 bits per heavy atom. The average molecular weight is 363 g/mol. The summed E-state index contributed by atoms with van der Waals surface area (Å²) in [5.74, 6) is -0.280. The number of carbonyl (C=O) groups is 1. The molecule has 0 fully saturated rings. The van der Waals surface area contributed by atoms with E-state index in [9.17, 15) is 9.18 Å². The van der Waals surface area contributed by atoms with Crippen molar-refractivity contribution in [1.29, 1.82) is 0 Å². The third-order valence-electron chi connectivity index (χ3n) is 6.41. The lowest BCUT2D eigenvalue weighted by atomic mass is 9.53. The fourth-order valence-corrected chi connectivity index (χ4v) is 5.19. The van der Waals surface area contributed by atoms with Gasteiger partial charge in [0, 0.05) is 29.0 Å². The number of nitrogens with zero attached hydrogens (tertiary/aromatic N) is 3. The molecule has 2 aliphatic carbocycles. The van der Waals surface area contributed by atoms with Crippen LogP contribution in [0.15, 0.2) is 36.0 Å². The molecule has 0 unspecified atom stereocenters. The first-order chi connectivity index (χ1) is 12.7. The number of ketones is 1. The quantitative estimate of drug-likeness (QED) is 0.702. The van der Waals surface area contributed by atoms with Crippen LogP contribution in [0.4, 0.5) is 4.39 Å². The van der Waals surface area contributed by atoms with Gasteiger partial charge in [-0.3, -0.25) is 4.68 Å². The third kappa shape index (κ3) is 2.32. The molecule has 2 atom stereocenters. The van der Waals surface area contributed by atoms with Crippen LogP contribution in [0, 0.1) is 23.7 Å². The highest BCUT2D eigenvalue weighted by Gasteiger charge is 2.55. The Kier molecular flexibility index (Phi) is 3.68. The fraction of sp³-hybridized carbons (Fsp3) is 0.409. The van der Waals surface area contributed by atoms with Gasteiger partial charge in [0.2, 0.25) is 5.70 Å². The zero-order valence-electron chi connectivity index (χ0n) is 16.0. The number of rotatable bonds is 1. The van der Waals surface area contributed by atoms with Gasteiger partial charge in [-0.15, -0.1) is 0 Å². The van der Waals surface area contributed by atoms with Gasteiger partial charge in [-0.2, -0.15) is 5.10 Å². The standard InChI is InChI=1S/C22H22FN3O/c1-21(2)17-10-9-15-18(13-7-6-8-14(23)11-13)26(5)25-19(15)22(17,3)12-16(24-4)20(21)27/h6-8,11-12,17H,9-10H2,1-3,5H3/t17-,22-/m0/s1. The van der Waals surface area contributed by atoms with Crippen molar-refractivity contribution < 1.29 is 9.18 Å². The van der Waals surface area contributed by atoms with Crippen LogP contribution >= 0.6 is 0 Å². The van der Waals surface area contributed by atoms with Crippen molar-refractivity contribution in [2.45, 2.75) is 39.0 Å². The first-order valence-electron chi connectivity index (χ1n) is 9.17. The highest BCUT2D eigenvalue weighted by Crippen LogP contribution is 2.55. The minimum atomic E-state index is -0.613. The summed E-state index contributed by atoms with van der Waals surface area (Å²) < 4.78 is 15.6. The molecular formula is C22H22FN3O. The minimum absolute atomic E-state index is 0.0748. The Labute approximate surface area is 158 Å². The zero-order chi connectivity index (χ0) is 19.6. The normalized spacial score (nSPS) is 26.0. The number of carbonyl (C=O) groups excluding carboxylic acids is 1. The van der Waals surface area contributed by atoms with E-state index < -0.39 is 10.8 Å². The van der Waals surface area contributed by atoms with Gasteiger partial charge in [-0.1, -0.05) is 39.0 Å². The molecule has 0 saturated carbocycles. The number of aromatic nitrogens is 2. The molecule has 0 bridgehead atoms. The molecule has 27 heavy (non-hydrogen) atoms. The van der Waals surface area contributed by atoms with Crippen LogP contribution in [-0.2, 0) is 23.7 Å². The number of allylic oxidation sites excluding steroid dienone is 2. The molecule has 0 aliphatic heterocycles. The Balaban J connectivity index is 1.96. The maximum atomic E-state index is 13.8. The van der Waals surface area contributed by atoms with E-state index >= 15 is 0 Å². The van der Waals surface area contributed by atoms with Crippen LogP contribution in [0.1, 0.15) is 38.4 Å². The van der Waals surface area contributed by atoms with E-state index in [0.29, 0.717) is 0 Å². The molecule has 0 spiro atoms. The monoisotopic (exact) mass is 363 g/mol. The van der Waals surface area contributed by atoms with E-state index in [-0.39, 0.29) is 23.2 Å². The molecule has 5 heteroatoms. The summed E-state index contributed by atoms with van der Waals surface area (Å²) in [5, 5.41) is 4.81. The third-order valence-corrected chi connectivity index (χ3v) is 6.41. The topological polar surface area (TPSA) is 39.2 Å². The molecule has 0 saturated heterocycles. The van der Waals surface area contributed by atoms with E-state index in [4.69, 9.17) is 11.7 Å². The average Bonchev–Trinajstić information content (AvgIpc) is 2.96. The first-order valence-corrected chi connectivity index (χ1v) is 9.17. The summed E-state index contributed by atoms with van der Waals surface area (Å²) >= 11 is 0. The SMILES string of the molecule is [C-]#[N+]C1=C[C@]2(C)c3nn(C)c(-c4cccc(F)c4)c3CC[C@H]2C(C)(C)C1=O. The highest BCUT2D eigenvalue weighted by molar-refractivity contribution is 6.02. The largest absolute Gasteiger partial charge is 0.307 e. The van der Waals surface area contributed by atoms with E-state index in [1.54, 1.807) is 6.07 Å². The lowest BCUT2D eigenvalue weighted by Gasteiger charge is -2.49. The molecule has 4 rings (SSSR count). The smallest absolute Gasteiger partial charge is 0.226 e. The maximum absolute atomic E-state index is 13.8. The molecule has 1 heterocycles. The molecule has 0 radical (unpaired) electrons.